The number of likely N-dealkylation sites (tertiary alicyclic amines) is 1. The van der Waals surface area contributed by atoms with E-state index in [2.05, 4.69) is 36.5 Å². The van der Waals surface area contributed by atoms with Gasteiger partial charge in [-0.2, -0.15) is 0 Å². The molecular weight excluding hydrogens is 228 g/mol. The number of anilines is 1. The third-order valence-corrected chi connectivity index (χ3v) is 4.13. The van der Waals surface area contributed by atoms with E-state index in [4.69, 9.17) is 5.11 Å². The highest BCUT2D eigenvalue weighted by Gasteiger charge is 2.46. The first-order valence-corrected chi connectivity index (χ1v) is 6.46. The molecule has 0 spiro atoms. The van der Waals surface area contributed by atoms with Crippen LogP contribution in [0.25, 0.3) is 0 Å². The molecule has 1 aromatic rings. The molecule has 1 saturated carbocycles. The summed E-state index contributed by atoms with van der Waals surface area (Å²) in [7, 11) is 0. The van der Waals surface area contributed by atoms with Crippen LogP contribution in [0.4, 0.5) is 10.5 Å². The molecule has 4 heteroatoms. The number of carbonyl (C=O) groups is 1. The molecule has 3 atom stereocenters. The SMILES string of the molecule is Cc1ccc(NC2CC3CC2N(C(=O)O)C3)cc1. The standard InChI is InChI=1S/C14H18N2O2/c1-9-2-4-11(5-3-9)15-12-6-10-7-13(12)16(8-10)14(17)18/h2-5,10,12-13,15H,6-8H2,1H3,(H,17,18). The Bertz CT molecular complexity index is 457. The molecule has 1 aromatic carbocycles. The van der Waals surface area contributed by atoms with Crippen LogP contribution in [0.5, 0.6) is 0 Å². The van der Waals surface area contributed by atoms with Crippen LogP contribution in [-0.2, 0) is 0 Å². The fraction of sp³-hybridized carbons (Fsp3) is 0.500. The predicted molar refractivity (Wildman–Crippen MR) is 69.8 cm³/mol. The Hall–Kier alpha value is -1.71. The van der Waals surface area contributed by atoms with E-state index in [1.165, 1.54) is 5.56 Å². The number of rotatable bonds is 2. The van der Waals surface area contributed by atoms with E-state index in [-0.39, 0.29) is 12.1 Å². The summed E-state index contributed by atoms with van der Waals surface area (Å²) < 4.78 is 0. The highest BCUT2D eigenvalue weighted by molar-refractivity contribution is 5.66. The predicted octanol–water partition coefficient (Wildman–Crippen LogP) is 2.55. The number of fused-ring (bicyclic) bond motifs is 2. The lowest BCUT2D eigenvalue weighted by Crippen LogP contribution is -2.47. The normalized spacial score (nSPS) is 29.6. The van der Waals surface area contributed by atoms with Gasteiger partial charge in [0.25, 0.3) is 0 Å². The number of aryl methyl sites for hydroxylation is 1. The van der Waals surface area contributed by atoms with Crippen LogP contribution in [0, 0.1) is 12.8 Å². The van der Waals surface area contributed by atoms with Crippen LogP contribution in [0.2, 0.25) is 0 Å². The van der Waals surface area contributed by atoms with Gasteiger partial charge in [0, 0.05) is 18.3 Å². The van der Waals surface area contributed by atoms with Gasteiger partial charge in [0.05, 0.1) is 6.04 Å². The molecule has 3 unspecified atom stereocenters. The van der Waals surface area contributed by atoms with E-state index in [1.54, 1.807) is 4.90 Å². The number of amides is 1. The van der Waals surface area contributed by atoms with Gasteiger partial charge in [0.1, 0.15) is 0 Å². The minimum Gasteiger partial charge on any atom is -0.465 e. The van der Waals surface area contributed by atoms with Crippen LogP contribution in [0.15, 0.2) is 24.3 Å². The van der Waals surface area contributed by atoms with Crippen LogP contribution in [-0.4, -0.2) is 34.7 Å². The first kappa shape index (κ1) is 11.4. The maximum absolute atomic E-state index is 11.1. The smallest absolute Gasteiger partial charge is 0.407 e. The van der Waals surface area contributed by atoms with Crippen molar-refractivity contribution in [3.63, 3.8) is 0 Å². The van der Waals surface area contributed by atoms with Crippen molar-refractivity contribution in [2.75, 3.05) is 11.9 Å². The number of hydrogen-bond donors (Lipinski definition) is 2. The van der Waals surface area contributed by atoms with Crippen molar-refractivity contribution < 1.29 is 9.90 Å². The molecule has 1 heterocycles. The van der Waals surface area contributed by atoms with E-state index >= 15 is 0 Å². The van der Waals surface area contributed by atoms with Gasteiger partial charge < -0.3 is 15.3 Å². The van der Waals surface area contributed by atoms with Crippen LogP contribution < -0.4 is 5.32 Å². The molecule has 2 fully saturated rings. The van der Waals surface area contributed by atoms with Crippen molar-refractivity contribution in [3.8, 4) is 0 Å². The van der Waals surface area contributed by atoms with Crippen molar-refractivity contribution in [3.05, 3.63) is 29.8 Å². The van der Waals surface area contributed by atoms with Gasteiger partial charge in [-0.15, -0.1) is 0 Å². The number of nitrogens with zero attached hydrogens (tertiary/aromatic N) is 1. The number of hydrogen-bond acceptors (Lipinski definition) is 2. The van der Waals surface area contributed by atoms with Gasteiger partial charge >= 0.3 is 6.09 Å². The number of benzene rings is 1. The molecule has 0 radical (unpaired) electrons. The van der Waals surface area contributed by atoms with Gasteiger partial charge in [0.15, 0.2) is 0 Å². The summed E-state index contributed by atoms with van der Waals surface area (Å²) in [5.41, 5.74) is 2.32. The molecule has 1 amide bonds. The number of carboxylic acid groups (broad SMARTS) is 1. The molecule has 3 rings (SSSR count). The Balaban J connectivity index is 1.71. The molecule has 2 bridgehead atoms. The highest BCUT2D eigenvalue weighted by Crippen LogP contribution is 2.39. The monoisotopic (exact) mass is 246 g/mol. The first-order chi connectivity index (χ1) is 8.63. The molecule has 96 valence electrons. The quantitative estimate of drug-likeness (QED) is 0.843. The zero-order chi connectivity index (χ0) is 12.7. The van der Waals surface area contributed by atoms with E-state index in [0.29, 0.717) is 12.5 Å². The second-order valence-electron chi connectivity index (χ2n) is 5.46. The van der Waals surface area contributed by atoms with Gasteiger partial charge in [0.2, 0.25) is 0 Å². The summed E-state index contributed by atoms with van der Waals surface area (Å²) in [6.07, 6.45) is 1.32. The number of nitrogens with one attached hydrogen (secondary N) is 1. The molecule has 18 heavy (non-hydrogen) atoms. The summed E-state index contributed by atoms with van der Waals surface area (Å²) in [6.45, 7) is 2.78. The van der Waals surface area contributed by atoms with Crippen LogP contribution in [0.3, 0.4) is 0 Å². The summed E-state index contributed by atoms with van der Waals surface area (Å²) >= 11 is 0. The Morgan fingerprint density at radius 3 is 2.67 bits per heavy atom. The van der Waals surface area contributed by atoms with Gasteiger partial charge in [-0.05, 0) is 37.8 Å². The van der Waals surface area contributed by atoms with Crippen molar-refractivity contribution in [1.29, 1.82) is 0 Å². The average Bonchev–Trinajstić information content (AvgIpc) is 2.91. The van der Waals surface area contributed by atoms with Crippen molar-refractivity contribution in [1.82, 2.24) is 4.90 Å². The van der Waals surface area contributed by atoms with Gasteiger partial charge in [-0.1, -0.05) is 17.7 Å². The second-order valence-corrected chi connectivity index (χ2v) is 5.46. The zero-order valence-electron chi connectivity index (χ0n) is 10.5. The fourth-order valence-electron chi connectivity index (χ4n) is 3.26. The van der Waals surface area contributed by atoms with E-state index in [0.717, 1.165) is 18.5 Å². The first-order valence-electron chi connectivity index (χ1n) is 6.46. The van der Waals surface area contributed by atoms with Gasteiger partial charge in [-0.25, -0.2) is 4.79 Å². The molecule has 2 aliphatic rings. The second kappa shape index (κ2) is 4.19. The third-order valence-electron chi connectivity index (χ3n) is 4.13. The molecular formula is C14H18N2O2. The molecule has 2 N–H and O–H groups in total. The summed E-state index contributed by atoms with van der Waals surface area (Å²) in [5, 5.41) is 12.6. The molecule has 4 nitrogen and oxygen atoms in total. The topological polar surface area (TPSA) is 52.6 Å². The van der Waals surface area contributed by atoms with Crippen LogP contribution >= 0.6 is 0 Å². The minimum atomic E-state index is -0.780. The largest absolute Gasteiger partial charge is 0.465 e. The minimum absolute atomic E-state index is 0.147. The lowest BCUT2D eigenvalue weighted by Gasteiger charge is -2.32. The summed E-state index contributed by atoms with van der Waals surface area (Å²) in [4.78, 5) is 12.7. The van der Waals surface area contributed by atoms with Crippen molar-refractivity contribution in [2.24, 2.45) is 5.92 Å². The van der Waals surface area contributed by atoms with Crippen LogP contribution in [0.1, 0.15) is 18.4 Å². The van der Waals surface area contributed by atoms with E-state index < -0.39 is 6.09 Å². The molecule has 1 saturated heterocycles. The van der Waals surface area contributed by atoms with Crippen molar-refractivity contribution in [2.45, 2.75) is 31.8 Å². The lowest BCUT2D eigenvalue weighted by molar-refractivity contribution is 0.127. The fourth-order valence-corrected chi connectivity index (χ4v) is 3.26. The summed E-state index contributed by atoms with van der Waals surface area (Å²) in [6, 6.07) is 8.68. The maximum atomic E-state index is 11.1. The lowest BCUT2D eigenvalue weighted by atomic mass is 10.1. The Kier molecular flexibility index (Phi) is 2.65. The van der Waals surface area contributed by atoms with Crippen molar-refractivity contribution >= 4 is 11.8 Å². The Labute approximate surface area is 107 Å². The third kappa shape index (κ3) is 1.92. The Morgan fingerprint density at radius 1 is 1.33 bits per heavy atom. The molecule has 1 aliphatic heterocycles. The summed E-state index contributed by atoms with van der Waals surface area (Å²) in [5.74, 6) is 0.536. The van der Waals surface area contributed by atoms with E-state index in [1.807, 2.05) is 0 Å². The van der Waals surface area contributed by atoms with E-state index in [9.17, 15) is 4.79 Å². The molecule has 0 aromatic heterocycles. The highest BCUT2D eigenvalue weighted by atomic mass is 16.4. The van der Waals surface area contributed by atoms with Gasteiger partial charge in [-0.3, -0.25) is 0 Å². The Morgan fingerprint density at radius 2 is 2.06 bits per heavy atom. The molecule has 1 aliphatic carbocycles. The average molecular weight is 246 g/mol. The maximum Gasteiger partial charge on any atom is 0.407 e. The number of piperidine rings is 1. The zero-order valence-corrected chi connectivity index (χ0v) is 10.5.